The first-order valence-corrected chi connectivity index (χ1v) is 8.50. The van der Waals surface area contributed by atoms with Crippen molar-refractivity contribution >= 4 is 17.2 Å². The summed E-state index contributed by atoms with van der Waals surface area (Å²) in [5, 5.41) is 0. The van der Waals surface area contributed by atoms with Gasteiger partial charge in [-0.1, -0.05) is 0 Å². The summed E-state index contributed by atoms with van der Waals surface area (Å²) in [5.41, 5.74) is 3.40. The van der Waals surface area contributed by atoms with Gasteiger partial charge in [0.05, 0.1) is 30.7 Å². The van der Waals surface area contributed by atoms with E-state index < -0.39 is 0 Å². The molecule has 0 spiro atoms. The molecule has 4 rings (SSSR count). The number of ether oxygens (including phenoxy) is 2. The van der Waals surface area contributed by atoms with Gasteiger partial charge in [0.1, 0.15) is 5.82 Å². The van der Waals surface area contributed by atoms with Crippen LogP contribution in [-0.4, -0.2) is 43.1 Å². The summed E-state index contributed by atoms with van der Waals surface area (Å²) in [5.74, 6) is 0.806. The molecule has 2 aliphatic rings. The number of benzene rings is 1. The molecule has 5 nitrogen and oxygen atoms in total. The average Bonchev–Trinajstić information content (AvgIpc) is 2.61. The van der Waals surface area contributed by atoms with Gasteiger partial charge in [-0.3, -0.25) is 0 Å². The smallest absolute Gasteiger partial charge is 0.167 e. The summed E-state index contributed by atoms with van der Waals surface area (Å²) in [7, 11) is 0. The molecule has 25 heavy (non-hydrogen) atoms. The largest absolute Gasteiger partial charge is 0.488 e. The highest BCUT2D eigenvalue weighted by molar-refractivity contribution is 6.22. The van der Waals surface area contributed by atoms with E-state index >= 15 is 0 Å². The average molecular weight is 341 g/mol. The number of aliphatic imine (C=N–C) groups is 1. The van der Waals surface area contributed by atoms with E-state index in [1.807, 2.05) is 26.0 Å². The van der Waals surface area contributed by atoms with Gasteiger partial charge in [0, 0.05) is 36.5 Å². The number of rotatable bonds is 4. The number of hydrogen-bond acceptors (Lipinski definition) is 5. The molecule has 1 aromatic heterocycles. The van der Waals surface area contributed by atoms with Crippen LogP contribution in [0.3, 0.4) is 0 Å². The second kappa shape index (κ2) is 6.44. The van der Waals surface area contributed by atoms with Gasteiger partial charge in [-0.05, 0) is 32.0 Å². The van der Waals surface area contributed by atoms with Crippen LogP contribution in [0, 0.1) is 5.82 Å². The molecule has 1 aromatic carbocycles. The fourth-order valence-electron chi connectivity index (χ4n) is 3.05. The van der Waals surface area contributed by atoms with Gasteiger partial charge in [0.2, 0.25) is 0 Å². The van der Waals surface area contributed by atoms with Gasteiger partial charge in [0.15, 0.2) is 11.6 Å². The Morgan fingerprint density at radius 1 is 1.20 bits per heavy atom. The number of fused-ring (bicyclic) bond motifs is 1. The molecule has 0 saturated carbocycles. The van der Waals surface area contributed by atoms with Crippen LogP contribution in [0.25, 0.3) is 0 Å². The van der Waals surface area contributed by atoms with Crippen molar-refractivity contribution in [3.63, 3.8) is 0 Å². The van der Waals surface area contributed by atoms with E-state index in [0.29, 0.717) is 18.9 Å². The third-order valence-corrected chi connectivity index (χ3v) is 4.25. The maximum absolute atomic E-state index is 14.0. The Kier molecular flexibility index (Phi) is 4.13. The zero-order valence-electron chi connectivity index (χ0n) is 14.3. The van der Waals surface area contributed by atoms with Crippen molar-refractivity contribution in [3.8, 4) is 5.75 Å². The number of halogens is 1. The summed E-state index contributed by atoms with van der Waals surface area (Å²) < 4.78 is 25.0. The third kappa shape index (κ3) is 3.09. The lowest BCUT2D eigenvalue weighted by Gasteiger charge is -2.28. The molecule has 0 N–H and O–H groups in total. The number of hydrogen-bond donors (Lipinski definition) is 0. The Labute approximate surface area is 146 Å². The van der Waals surface area contributed by atoms with E-state index in [0.717, 1.165) is 35.7 Å². The summed E-state index contributed by atoms with van der Waals surface area (Å²) in [6.07, 6.45) is 1.71. The molecule has 0 atom stereocenters. The molecule has 2 aromatic rings. The molecule has 130 valence electrons. The van der Waals surface area contributed by atoms with Crippen molar-refractivity contribution in [2.24, 2.45) is 4.99 Å². The Morgan fingerprint density at radius 3 is 2.76 bits per heavy atom. The molecule has 0 aliphatic carbocycles. The Hall–Kier alpha value is -2.47. The SMILES string of the molecule is CC(C)Oc1cc2c(cc1F)N=C2c1ccnc(N2CCOCC2)c1. The molecule has 1 saturated heterocycles. The first kappa shape index (κ1) is 16.0. The molecule has 0 unspecified atom stereocenters. The number of aromatic nitrogens is 1. The van der Waals surface area contributed by atoms with Gasteiger partial charge in [-0.25, -0.2) is 14.4 Å². The van der Waals surface area contributed by atoms with Crippen LogP contribution < -0.4 is 9.64 Å². The van der Waals surface area contributed by atoms with Crippen molar-refractivity contribution < 1.29 is 13.9 Å². The number of morpholine rings is 1. The highest BCUT2D eigenvalue weighted by Crippen LogP contribution is 2.38. The van der Waals surface area contributed by atoms with Gasteiger partial charge in [0.25, 0.3) is 0 Å². The van der Waals surface area contributed by atoms with E-state index in [9.17, 15) is 4.39 Å². The summed E-state index contributed by atoms with van der Waals surface area (Å²) in [4.78, 5) is 11.1. The van der Waals surface area contributed by atoms with Gasteiger partial charge < -0.3 is 14.4 Å². The summed E-state index contributed by atoms with van der Waals surface area (Å²) >= 11 is 0. The van der Waals surface area contributed by atoms with Crippen LogP contribution in [-0.2, 0) is 4.74 Å². The maximum Gasteiger partial charge on any atom is 0.167 e. The fourth-order valence-corrected chi connectivity index (χ4v) is 3.05. The maximum atomic E-state index is 14.0. The van der Waals surface area contributed by atoms with Crippen LogP contribution in [0.2, 0.25) is 0 Å². The van der Waals surface area contributed by atoms with Crippen molar-refractivity contribution in [1.82, 2.24) is 4.98 Å². The Bertz CT molecular complexity index is 829. The van der Waals surface area contributed by atoms with Crippen molar-refractivity contribution in [2.45, 2.75) is 20.0 Å². The molecule has 2 aliphatic heterocycles. The van der Waals surface area contributed by atoms with Crippen molar-refractivity contribution in [3.05, 3.63) is 47.4 Å². The monoisotopic (exact) mass is 341 g/mol. The van der Waals surface area contributed by atoms with E-state index in [4.69, 9.17) is 9.47 Å². The van der Waals surface area contributed by atoms with Crippen molar-refractivity contribution in [1.29, 1.82) is 0 Å². The summed E-state index contributed by atoms with van der Waals surface area (Å²) in [6, 6.07) is 7.12. The van der Waals surface area contributed by atoms with E-state index in [-0.39, 0.29) is 17.7 Å². The van der Waals surface area contributed by atoms with Crippen molar-refractivity contribution in [2.75, 3.05) is 31.2 Å². The lowest BCUT2D eigenvalue weighted by Crippen LogP contribution is -2.36. The first-order valence-electron chi connectivity index (χ1n) is 8.50. The molecule has 0 amide bonds. The second-order valence-electron chi connectivity index (χ2n) is 6.43. The van der Waals surface area contributed by atoms with E-state index in [1.54, 1.807) is 12.3 Å². The highest BCUT2D eigenvalue weighted by atomic mass is 19.1. The second-order valence-corrected chi connectivity index (χ2v) is 6.43. The van der Waals surface area contributed by atoms with Crippen LogP contribution in [0.4, 0.5) is 15.9 Å². The Morgan fingerprint density at radius 2 is 2.00 bits per heavy atom. The van der Waals surface area contributed by atoms with Gasteiger partial charge in [-0.2, -0.15) is 0 Å². The third-order valence-electron chi connectivity index (χ3n) is 4.25. The molecule has 6 heteroatoms. The first-order chi connectivity index (χ1) is 12.1. The topological polar surface area (TPSA) is 47.0 Å². The zero-order valence-corrected chi connectivity index (χ0v) is 14.3. The molecular weight excluding hydrogens is 321 g/mol. The van der Waals surface area contributed by atoms with Crippen LogP contribution >= 0.6 is 0 Å². The number of pyridine rings is 1. The zero-order chi connectivity index (χ0) is 17.4. The molecule has 3 heterocycles. The van der Waals surface area contributed by atoms with Gasteiger partial charge >= 0.3 is 0 Å². The minimum absolute atomic E-state index is 0.0816. The Balaban J connectivity index is 1.62. The lowest BCUT2D eigenvalue weighted by molar-refractivity contribution is 0.122. The lowest BCUT2D eigenvalue weighted by atomic mass is 9.95. The van der Waals surface area contributed by atoms with E-state index in [1.165, 1.54) is 6.07 Å². The van der Waals surface area contributed by atoms with E-state index in [2.05, 4.69) is 14.9 Å². The quantitative estimate of drug-likeness (QED) is 0.730. The number of anilines is 1. The predicted octanol–water partition coefficient (Wildman–Crippen LogP) is 3.33. The normalized spacial score (nSPS) is 16.3. The van der Waals surface area contributed by atoms with Crippen LogP contribution in [0.5, 0.6) is 5.75 Å². The minimum atomic E-state index is -0.376. The molecular formula is C19H20FN3O2. The standard InChI is InChI=1S/C19H20FN3O2/c1-12(2)25-17-10-14-16(11-15(17)20)22-19(14)13-3-4-21-18(9-13)23-5-7-24-8-6-23/h3-4,9-12H,5-8H2,1-2H3. The van der Waals surface area contributed by atoms with Crippen LogP contribution in [0.1, 0.15) is 25.0 Å². The highest BCUT2D eigenvalue weighted by Gasteiger charge is 2.25. The molecule has 0 bridgehead atoms. The number of nitrogens with zero attached hydrogens (tertiary/aromatic N) is 3. The van der Waals surface area contributed by atoms with Gasteiger partial charge in [-0.15, -0.1) is 0 Å². The fraction of sp³-hybridized carbons (Fsp3) is 0.368. The van der Waals surface area contributed by atoms with Crippen LogP contribution in [0.15, 0.2) is 35.5 Å². The summed E-state index contributed by atoms with van der Waals surface area (Å²) in [6.45, 7) is 6.85. The minimum Gasteiger partial charge on any atom is -0.488 e. The molecule has 0 radical (unpaired) electrons. The molecule has 1 fully saturated rings. The predicted molar refractivity (Wildman–Crippen MR) is 94.7 cm³/mol.